The van der Waals surface area contributed by atoms with Crippen LogP contribution >= 0.6 is 0 Å². The Bertz CT molecular complexity index is 817. The molecule has 0 bridgehead atoms. The maximum absolute atomic E-state index is 12.8. The Morgan fingerprint density at radius 1 is 0.962 bits per heavy atom. The standard InChI is InChI=1S/C20H24N2O3S/c23-20(21-17-11-7-8-12-17)19(15-16-9-3-1-4-10-16)22-26(24,25)18-13-5-2-6-14-18/h1-6,9-10,13-14,17,19,22H,7-8,11-12,15H2,(H,21,23)/t19-/m0/s1. The molecule has 3 rings (SSSR count). The second-order valence-electron chi connectivity index (χ2n) is 6.67. The molecule has 1 atom stereocenters. The first-order valence-electron chi connectivity index (χ1n) is 8.96. The average molecular weight is 372 g/mol. The summed E-state index contributed by atoms with van der Waals surface area (Å²) in [6.45, 7) is 0. The van der Waals surface area contributed by atoms with Gasteiger partial charge in [0.15, 0.2) is 0 Å². The van der Waals surface area contributed by atoms with Crippen LogP contribution in [0.2, 0.25) is 0 Å². The number of nitrogens with one attached hydrogen (secondary N) is 2. The predicted molar refractivity (Wildman–Crippen MR) is 101 cm³/mol. The first kappa shape index (κ1) is 18.6. The second-order valence-corrected chi connectivity index (χ2v) is 8.38. The number of benzene rings is 2. The van der Waals surface area contributed by atoms with Gasteiger partial charge in [0.05, 0.1) is 4.90 Å². The fourth-order valence-electron chi connectivity index (χ4n) is 3.26. The zero-order chi connectivity index (χ0) is 18.4. The highest BCUT2D eigenvalue weighted by Gasteiger charge is 2.28. The van der Waals surface area contributed by atoms with Gasteiger partial charge < -0.3 is 5.32 Å². The molecule has 2 aromatic rings. The summed E-state index contributed by atoms with van der Waals surface area (Å²) in [7, 11) is -3.77. The topological polar surface area (TPSA) is 75.3 Å². The van der Waals surface area contributed by atoms with E-state index in [2.05, 4.69) is 10.0 Å². The summed E-state index contributed by atoms with van der Waals surface area (Å²) in [5, 5.41) is 3.01. The molecule has 0 aliphatic heterocycles. The molecule has 2 aromatic carbocycles. The van der Waals surface area contributed by atoms with Crippen LogP contribution in [0.25, 0.3) is 0 Å². The molecule has 0 heterocycles. The minimum Gasteiger partial charge on any atom is -0.352 e. The van der Waals surface area contributed by atoms with Crippen molar-refractivity contribution < 1.29 is 13.2 Å². The average Bonchev–Trinajstić information content (AvgIpc) is 3.15. The highest BCUT2D eigenvalue weighted by Crippen LogP contribution is 2.18. The summed E-state index contributed by atoms with van der Waals surface area (Å²) in [5.74, 6) is -0.264. The molecule has 5 nitrogen and oxygen atoms in total. The third-order valence-electron chi connectivity index (χ3n) is 4.65. The Kier molecular flexibility index (Phi) is 6.06. The maximum Gasteiger partial charge on any atom is 0.241 e. The minimum atomic E-state index is -3.77. The Morgan fingerprint density at radius 2 is 1.54 bits per heavy atom. The zero-order valence-corrected chi connectivity index (χ0v) is 15.4. The molecule has 138 valence electrons. The molecular weight excluding hydrogens is 348 g/mol. The number of sulfonamides is 1. The van der Waals surface area contributed by atoms with Crippen LogP contribution in [-0.4, -0.2) is 26.4 Å². The minimum absolute atomic E-state index is 0.141. The molecule has 0 spiro atoms. The lowest BCUT2D eigenvalue weighted by Gasteiger charge is -2.21. The van der Waals surface area contributed by atoms with Crippen molar-refractivity contribution in [1.29, 1.82) is 0 Å². The molecule has 0 unspecified atom stereocenters. The Balaban J connectivity index is 1.78. The van der Waals surface area contributed by atoms with E-state index in [-0.39, 0.29) is 16.8 Å². The first-order valence-corrected chi connectivity index (χ1v) is 10.4. The van der Waals surface area contributed by atoms with Crippen molar-refractivity contribution in [3.05, 3.63) is 66.2 Å². The molecule has 0 aromatic heterocycles. The van der Waals surface area contributed by atoms with Gasteiger partial charge in [0.1, 0.15) is 6.04 Å². The van der Waals surface area contributed by atoms with Gasteiger partial charge in [-0.3, -0.25) is 4.79 Å². The SMILES string of the molecule is O=C(NC1CCCC1)[C@H](Cc1ccccc1)NS(=O)(=O)c1ccccc1. The molecule has 1 fully saturated rings. The lowest BCUT2D eigenvalue weighted by molar-refractivity contribution is -0.123. The fourth-order valence-corrected chi connectivity index (χ4v) is 4.48. The van der Waals surface area contributed by atoms with E-state index in [1.165, 1.54) is 12.1 Å². The lowest BCUT2D eigenvalue weighted by Crippen LogP contribution is -2.50. The van der Waals surface area contributed by atoms with Gasteiger partial charge in [-0.2, -0.15) is 4.72 Å². The van der Waals surface area contributed by atoms with Crippen molar-refractivity contribution in [1.82, 2.24) is 10.0 Å². The smallest absolute Gasteiger partial charge is 0.241 e. The molecule has 26 heavy (non-hydrogen) atoms. The molecule has 2 N–H and O–H groups in total. The Hall–Kier alpha value is -2.18. The zero-order valence-electron chi connectivity index (χ0n) is 14.6. The van der Waals surface area contributed by atoms with Crippen molar-refractivity contribution in [3.8, 4) is 0 Å². The van der Waals surface area contributed by atoms with Crippen LogP contribution < -0.4 is 10.0 Å². The normalized spacial score (nSPS) is 16.3. The van der Waals surface area contributed by atoms with Crippen LogP contribution in [0.4, 0.5) is 0 Å². The van der Waals surface area contributed by atoms with Crippen molar-refractivity contribution >= 4 is 15.9 Å². The third kappa shape index (κ3) is 4.93. The van der Waals surface area contributed by atoms with Crippen LogP contribution in [-0.2, 0) is 21.2 Å². The van der Waals surface area contributed by atoms with E-state index in [0.717, 1.165) is 31.2 Å². The number of hydrogen-bond acceptors (Lipinski definition) is 3. The largest absolute Gasteiger partial charge is 0.352 e. The molecule has 1 amide bonds. The molecule has 0 saturated heterocycles. The van der Waals surface area contributed by atoms with E-state index in [1.54, 1.807) is 18.2 Å². The highest BCUT2D eigenvalue weighted by atomic mass is 32.2. The van der Waals surface area contributed by atoms with Gasteiger partial charge in [-0.1, -0.05) is 61.4 Å². The van der Waals surface area contributed by atoms with E-state index in [1.807, 2.05) is 30.3 Å². The van der Waals surface area contributed by atoms with Crippen molar-refractivity contribution in [2.75, 3.05) is 0 Å². The van der Waals surface area contributed by atoms with Crippen LogP contribution in [0.3, 0.4) is 0 Å². The van der Waals surface area contributed by atoms with Gasteiger partial charge in [-0.05, 0) is 37.0 Å². The quantitative estimate of drug-likeness (QED) is 0.785. The van der Waals surface area contributed by atoms with E-state index in [9.17, 15) is 13.2 Å². The fraction of sp³-hybridized carbons (Fsp3) is 0.350. The van der Waals surface area contributed by atoms with Gasteiger partial charge in [0.25, 0.3) is 0 Å². The summed E-state index contributed by atoms with van der Waals surface area (Å²) in [5.41, 5.74) is 0.912. The summed E-state index contributed by atoms with van der Waals surface area (Å²) in [6.07, 6.45) is 4.42. The van der Waals surface area contributed by atoms with E-state index in [4.69, 9.17) is 0 Å². The first-order chi connectivity index (χ1) is 12.5. The summed E-state index contributed by atoms with van der Waals surface area (Å²) >= 11 is 0. The van der Waals surface area contributed by atoms with Gasteiger partial charge >= 0.3 is 0 Å². The summed E-state index contributed by atoms with van der Waals surface area (Å²) < 4.78 is 28.0. The lowest BCUT2D eigenvalue weighted by atomic mass is 10.1. The predicted octanol–water partition coefficient (Wildman–Crippen LogP) is 2.64. The molecule has 6 heteroatoms. The van der Waals surface area contributed by atoms with E-state index < -0.39 is 16.1 Å². The van der Waals surface area contributed by atoms with E-state index >= 15 is 0 Å². The molecule has 1 saturated carbocycles. The van der Waals surface area contributed by atoms with Crippen LogP contribution in [0, 0.1) is 0 Å². The third-order valence-corrected chi connectivity index (χ3v) is 6.14. The van der Waals surface area contributed by atoms with Gasteiger partial charge in [-0.15, -0.1) is 0 Å². The number of carbonyl (C=O) groups excluding carboxylic acids is 1. The molecule has 1 aliphatic carbocycles. The molecular formula is C20H24N2O3S. The van der Waals surface area contributed by atoms with Gasteiger partial charge in [0, 0.05) is 6.04 Å². The van der Waals surface area contributed by atoms with Crippen molar-refractivity contribution in [2.24, 2.45) is 0 Å². The van der Waals surface area contributed by atoms with Crippen LogP contribution in [0.5, 0.6) is 0 Å². The van der Waals surface area contributed by atoms with Crippen LogP contribution in [0.15, 0.2) is 65.6 Å². The maximum atomic E-state index is 12.8. The monoisotopic (exact) mass is 372 g/mol. The molecule has 0 radical (unpaired) electrons. The van der Waals surface area contributed by atoms with Gasteiger partial charge in [0.2, 0.25) is 15.9 Å². The number of rotatable bonds is 7. The number of carbonyl (C=O) groups is 1. The summed E-state index contributed by atoms with van der Waals surface area (Å²) in [4.78, 5) is 12.9. The van der Waals surface area contributed by atoms with Crippen LogP contribution in [0.1, 0.15) is 31.2 Å². The van der Waals surface area contributed by atoms with Crippen molar-refractivity contribution in [2.45, 2.75) is 49.1 Å². The molecule has 1 aliphatic rings. The Labute approximate surface area is 154 Å². The Morgan fingerprint density at radius 3 is 2.15 bits per heavy atom. The van der Waals surface area contributed by atoms with Crippen molar-refractivity contribution in [3.63, 3.8) is 0 Å². The number of hydrogen-bond donors (Lipinski definition) is 2. The van der Waals surface area contributed by atoms with Gasteiger partial charge in [-0.25, -0.2) is 8.42 Å². The second kappa shape index (κ2) is 8.47. The number of amides is 1. The summed E-state index contributed by atoms with van der Waals surface area (Å²) in [6, 6.07) is 16.9. The highest BCUT2D eigenvalue weighted by molar-refractivity contribution is 7.89. The van der Waals surface area contributed by atoms with E-state index in [0.29, 0.717) is 6.42 Å².